The van der Waals surface area contributed by atoms with E-state index in [1.807, 2.05) is 6.92 Å². The Kier molecular flexibility index (Phi) is 3.16. The first-order valence-electron chi connectivity index (χ1n) is 4.52. The van der Waals surface area contributed by atoms with Gasteiger partial charge >= 0.3 is 5.97 Å². The summed E-state index contributed by atoms with van der Waals surface area (Å²) in [6.07, 6.45) is 1.73. The zero-order valence-corrected chi connectivity index (χ0v) is 8.93. The molecule has 2 N–H and O–H groups in total. The molecular weight excluding hydrogens is 206 g/mol. The molecule has 0 aromatic carbocycles. The number of nitrogens with one attached hydrogen (secondary N) is 1. The van der Waals surface area contributed by atoms with Crippen LogP contribution in [-0.4, -0.2) is 31.8 Å². The SMILES string of the molecule is CC1(CNS(=O)(=O)CCC(=O)O)CC1. The molecule has 0 aliphatic heterocycles. The summed E-state index contributed by atoms with van der Waals surface area (Å²) in [7, 11) is -3.40. The molecule has 82 valence electrons. The minimum Gasteiger partial charge on any atom is -0.481 e. The molecule has 1 rings (SSSR count). The normalized spacial score (nSPS) is 19.2. The Labute approximate surface area is 83.6 Å². The second kappa shape index (κ2) is 3.86. The van der Waals surface area contributed by atoms with Gasteiger partial charge in [-0.1, -0.05) is 6.92 Å². The summed E-state index contributed by atoms with van der Waals surface area (Å²) in [4.78, 5) is 10.2. The third kappa shape index (κ3) is 4.06. The maximum Gasteiger partial charge on any atom is 0.304 e. The maximum atomic E-state index is 11.2. The van der Waals surface area contributed by atoms with Crippen molar-refractivity contribution < 1.29 is 18.3 Å². The van der Waals surface area contributed by atoms with Gasteiger partial charge in [0, 0.05) is 6.54 Å². The van der Waals surface area contributed by atoms with Crippen LogP contribution < -0.4 is 4.72 Å². The van der Waals surface area contributed by atoms with Gasteiger partial charge < -0.3 is 5.11 Å². The molecule has 0 bridgehead atoms. The maximum absolute atomic E-state index is 11.2. The topological polar surface area (TPSA) is 83.5 Å². The van der Waals surface area contributed by atoms with Crippen molar-refractivity contribution in [1.82, 2.24) is 4.72 Å². The van der Waals surface area contributed by atoms with E-state index in [-0.39, 0.29) is 17.6 Å². The smallest absolute Gasteiger partial charge is 0.304 e. The van der Waals surface area contributed by atoms with Crippen LogP contribution in [0.25, 0.3) is 0 Å². The van der Waals surface area contributed by atoms with E-state index >= 15 is 0 Å². The molecule has 1 aliphatic carbocycles. The Balaban J connectivity index is 2.30. The molecule has 1 fully saturated rings. The van der Waals surface area contributed by atoms with Gasteiger partial charge in [-0.25, -0.2) is 13.1 Å². The average molecular weight is 221 g/mol. The van der Waals surface area contributed by atoms with Crippen LogP contribution in [0.2, 0.25) is 0 Å². The number of carboxylic acids is 1. The van der Waals surface area contributed by atoms with E-state index in [1.165, 1.54) is 0 Å². The quantitative estimate of drug-likeness (QED) is 0.670. The Bertz CT molecular complexity index is 318. The zero-order valence-electron chi connectivity index (χ0n) is 8.12. The standard InChI is InChI=1S/C8H15NO4S/c1-8(3-4-8)6-9-14(12,13)5-2-7(10)11/h9H,2-6H2,1H3,(H,10,11). The number of aliphatic carboxylic acids is 1. The molecular formula is C8H15NO4S. The highest BCUT2D eigenvalue weighted by molar-refractivity contribution is 7.89. The Morgan fingerprint density at radius 1 is 1.50 bits per heavy atom. The van der Waals surface area contributed by atoms with Gasteiger partial charge in [0.1, 0.15) is 0 Å². The molecule has 0 amide bonds. The van der Waals surface area contributed by atoms with E-state index < -0.39 is 16.0 Å². The number of carbonyl (C=O) groups is 1. The lowest BCUT2D eigenvalue weighted by molar-refractivity contribution is -0.136. The first-order valence-corrected chi connectivity index (χ1v) is 6.17. The van der Waals surface area contributed by atoms with Gasteiger partial charge in [0.05, 0.1) is 12.2 Å². The first kappa shape index (κ1) is 11.5. The number of rotatable bonds is 6. The van der Waals surface area contributed by atoms with E-state index in [0.29, 0.717) is 6.54 Å². The van der Waals surface area contributed by atoms with E-state index in [0.717, 1.165) is 12.8 Å². The van der Waals surface area contributed by atoms with Gasteiger partial charge in [-0.05, 0) is 18.3 Å². The van der Waals surface area contributed by atoms with Gasteiger partial charge in [0.25, 0.3) is 0 Å². The van der Waals surface area contributed by atoms with Crippen molar-refractivity contribution in [3.8, 4) is 0 Å². The predicted octanol–water partition coefficient (Wildman–Crippen LogP) is 0.181. The first-order chi connectivity index (χ1) is 6.33. The van der Waals surface area contributed by atoms with Gasteiger partial charge in [0.2, 0.25) is 10.0 Å². The summed E-state index contributed by atoms with van der Waals surface area (Å²) in [5.74, 6) is -1.42. The molecule has 14 heavy (non-hydrogen) atoms. The zero-order chi connectivity index (χ0) is 10.8. The molecule has 0 atom stereocenters. The predicted molar refractivity (Wildman–Crippen MR) is 51.4 cm³/mol. The second-order valence-corrected chi connectivity index (χ2v) is 6.02. The largest absolute Gasteiger partial charge is 0.481 e. The van der Waals surface area contributed by atoms with E-state index in [2.05, 4.69) is 4.72 Å². The molecule has 6 heteroatoms. The van der Waals surface area contributed by atoms with Crippen LogP contribution in [0.5, 0.6) is 0 Å². The monoisotopic (exact) mass is 221 g/mol. The fraction of sp³-hybridized carbons (Fsp3) is 0.875. The van der Waals surface area contributed by atoms with Gasteiger partial charge in [0.15, 0.2) is 0 Å². The molecule has 1 aliphatic rings. The number of sulfonamides is 1. The lowest BCUT2D eigenvalue weighted by atomic mass is 10.2. The molecule has 0 saturated heterocycles. The van der Waals surface area contributed by atoms with Gasteiger partial charge in [-0.2, -0.15) is 0 Å². The van der Waals surface area contributed by atoms with Crippen LogP contribution in [0, 0.1) is 5.41 Å². The Morgan fingerprint density at radius 3 is 2.50 bits per heavy atom. The molecule has 0 radical (unpaired) electrons. The number of carboxylic acid groups (broad SMARTS) is 1. The molecule has 0 unspecified atom stereocenters. The highest BCUT2D eigenvalue weighted by atomic mass is 32.2. The minimum absolute atomic E-state index is 0.107. The lowest BCUT2D eigenvalue weighted by Gasteiger charge is -2.09. The fourth-order valence-corrected chi connectivity index (χ4v) is 2.12. The number of hydrogen-bond acceptors (Lipinski definition) is 3. The Hall–Kier alpha value is -0.620. The minimum atomic E-state index is -3.40. The summed E-state index contributed by atoms with van der Waals surface area (Å²) < 4.78 is 24.9. The van der Waals surface area contributed by atoms with Crippen LogP contribution >= 0.6 is 0 Å². The highest BCUT2D eigenvalue weighted by Crippen LogP contribution is 2.44. The van der Waals surface area contributed by atoms with Crippen LogP contribution in [0.4, 0.5) is 0 Å². The summed E-state index contributed by atoms with van der Waals surface area (Å²) in [6, 6.07) is 0. The van der Waals surface area contributed by atoms with Crippen LogP contribution in [0.15, 0.2) is 0 Å². The van der Waals surface area contributed by atoms with Gasteiger partial charge in [-0.15, -0.1) is 0 Å². The van der Waals surface area contributed by atoms with E-state index in [9.17, 15) is 13.2 Å². The molecule has 0 aromatic rings. The van der Waals surface area contributed by atoms with Crippen molar-refractivity contribution in [1.29, 1.82) is 0 Å². The lowest BCUT2D eigenvalue weighted by Crippen LogP contribution is -2.31. The fourth-order valence-electron chi connectivity index (χ4n) is 0.968. The molecule has 5 nitrogen and oxygen atoms in total. The summed E-state index contributed by atoms with van der Waals surface area (Å²) in [5, 5.41) is 8.33. The number of hydrogen-bond donors (Lipinski definition) is 2. The van der Waals surface area contributed by atoms with E-state index in [4.69, 9.17) is 5.11 Å². The third-order valence-electron chi connectivity index (χ3n) is 2.41. The highest BCUT2D eigenvalue weighted by Gasteiger charge is 2.37. The van der Waals surface area contributed by atoms with Crippen molar-refractivity contribution in [3.63, 3.8) is 0 Å². The third-order valence-corrected chi connectivity index (χ3v) is 3.73. The van der Waals surface area contributed by atoms with Crippen molar-refractivity contribution in [2.75, 3.05) is 12.3 Å². The second-order valence-electron chi connectivity index (χ2n) is 4.09. The van der Waals surface area contributed by atoms with Crippen molar-refractivity contribution in [2.45, 2.75) is 26.2 Å². The van der Waals surface area contributed by atoms with Crippen LogP contribution in [0.1, 0.15) is 26.2 Å². The van der Waals surface area contributed by atoms with Crippen molar-refractivity contribution in [3.05, 3.63) is 0 Å². The summed E-state index contributed by atoms with van der Waals surface area (Å²) in [5.41, 5.74) is 0.107. The van der Waals surface area contributed by atoms with Crippen molar-refractivity contribution >= 4 is 16.0 Å². The Morgan fingerprint density at radius 2 is 2.07 bits per heavy atom. The summed E-state index contributed by atoms with van der Waals surface area (Å²) >= 11 is 0. The molecule has 0 heterocycles. The summed E-state index contributed by atoms with van der Waals surface area (Å²) in [6.45, 7) is 2.43. The molecule has 0 aromatic heterocycles. The van der Waals surface area contributed by atoms with E-state index in [1.54, 1.807) is 0 Å². The van der Waals surface area contributed by atoms with Gasteiger partial charge in [-0.3, -0.25) is 4.79 Å². The average Bonchev–Trinajstić information content (AvgIpc) is 2.79. The van der Waals surface area contributed by atoms with Crippen molar-refractivity contribution in [2.24, 2.45) is 5.41 Å². The van der Waals surface area contributed by atoms with Crippen LogP contribution in [0.3, 0.4) is 0 Å². The molecule has 1 saturated carbocycles. The molecule has 0 spiro atoms. The van der Waals surface area contributed by atoms with Crippen LogP contribution in [-0.2, 0) is 14.8 Å².